The van der Waals surface area contributed by atoms with Gasteiger partial charge in [-0.3, -0.25) is 4.79 Å². The third kappa shape index (κ3) is 2.44. The Kier molecular flexibility index (Phi) is 4.22. The summed E-state index contributed by atoms with van der Waals surface area (Å²) in [6.45, 7) is 4.28. The molecule has 1 amide bonds. The number of carbonyl (C=O) groups excluding carboxylic acids is 1. The Hall–Kier alpha value is -1.89. The highest BCUT2D eigenvalue weighted by atomic mass is 19.1. The Bertz CT molecular complexity index is 423. The van der Waals surface area contributed by atoms with Gasteiger partial charge in [0, 0.05) is 18.7 Å². The SMILES string of the molecule is CCN(CC)C(=O)C(F)(C#N)c1ccccc1. The molecular formula is C13H15FN2O. The van der Waals surface area contributed by atoms with Crippen LogP contribution in [0.4, 0.5) is 4.39 Å². The van der Waals surface area contributed by atoms with Gasteiger partial charge in [-0.15, -0.1) is 0 Å². The summed E-state index contributed by atoms with van der Waals surface area (Å²) in [5, 5.41) is 8.98. The molecule has 1 unspecified atom stereocenters. The second-order valence-corrected chi connectivity index (χ2v) is 3.61. The lowest BCUT2D eigenvalue weighted by atomic mass is 9.95. The highest BCUT2D eigenvalue weighted by molar-refractivity contribution is 5.89. The van der Waals surface area contributed by atoms with E-state index in [2.05, 4.69) is 0 Å². The molecule has 0 bridgehead atoms. The van der Waals surface area contributed by atoms with E-state index in [0.717, 1.165) is 0 Å². The summed E-state index contributed by atoms with van der Waals surface area (Å²) in [5.74, 6) is -0.795. The number of likely N-dealkylation sites (N-methyl/N-ethyl adjacent to an activating group) is 1. The third-order valence-electron chi connectivity index (χ3n) is 2.67. The van der Waals surface area contributed by atoms with Gasteiger partial charge < -0.3 is 4.90 Å². The van der Waals surface area contributed by atoms with Gasteiger partial charge in [-0.05, 0) is 13.8 Å². The predicted molar refractivity (Wildman–Crippen MR) is 62.8 cm³/mol. The molecule has 1 atom stereocenters. The van der Waals surface area contributed by atoms with E-state index in [1.54, 1.807) is 32.0 Å². The molecule has 4 heteroatoms. The van der Waals surface area contributed by atoms with E-state index in [0.29, 0.717) is 13.1 Å². The minimum absolute atomic E-state index is 0.0828. The average molecular weight is 234 g/mol. The Labute approximate surface area is 100 Å². The van der Waals surface area contributed by atoms with Crippen molar-refractivity contribution in [3.05, 3.63) is 35.9 Å². The molecule has 0 saturated heterocycles. The largest absolute Gasteiger partial charge is 0.339 e. The van der Waals surface area contributed by atoms with Crippen LogP contribution in [-0.4, -0.2) is 23.9 Å². The van der Waals surface area contributed by atoms with E-state index >= 15 is 0 Å². The third-order valence-corrected chi connectivity index (χ3v) is 2.67. The number of nitriles is 1. The molecule has 0 aliphatic heterocycles. The van der Waals surface area contributed by atoms with Gasteiger partial charge in [0.1, 0.15) is 6.07 Å². The van der Waals surface area contributed by atoms with Crippen molar-refractivity contribution in [2.24, 2.45) is 0 Å². The number of benzene rings is 1. The van der Waals surface area contributed by atoms with Gasteiger partial charge in [0.2, 0.25) is 0 Å². The van der Waals surface area contributed by atoms with Gasteiger partial charge in [0.15, 0.2) is 0 Å². The summed E-state index contributed by atoms with van der Waals surface area (Å²) in [4.78, 5) is 13.3. The molecule has 0 aliphatic rings. The number of halogens is 1. The summed E-state index contributed by atoms with van der Waals surface area (Å²) in [5.41, 5.74) is -2.51. The Morgan fingerprint density at radius 1 is 1.35 bits per heavy atom. The maximum absolute atomic E-state index is 14.5. The number of amides is 1. The molecule has 0 spiro atoms. The molecule has 0 saturated carbocycles. The lowest BCUT2D eigenvalue weighted by Gasteiger charge is -2.25. The summed E-state index contributed by atoms with van der Waals surface area (Å²) in [6.07, 6.45) is 0. The minimum atomic E-state index is -2.59. The van der Waals surface area contributed by atoms with Crippen molar-refractivity contribution >= 4 is 5.91 Å². The van der Waals surface area contributed by atoms with Gasteiger partial charge in [0.25, 0.3) is 11.6 Å². The van der Waals surface area contributed by atoms with Crippen LogP contribution in [0.15, 0.2) is 30.3 Å². The van der Waals surface area contributed by atoms with Crippen LogP contribution in [0.25, 0.3) is 0 Å². The standard InChI is InChI=1S/C13H15FN2O/c1-3-16(4-2)12(17)13(14,10-15)11-8-6-5-7-9-11/h5-9H,3-4H2,1-2H3. The number of rotatable bonds is 4. The van der Waals surface area contributed by atoms with Crippen LogP contribution >= 0.6 is 0 Å². The molecule has 1 aromatic rings. The van der Waals surface area contributed by atoms with Crippen LogP contribution in [0.3, 0.4) is 0 Å². The van der Waals surface area contributed by atoms with Crippen LogP contribution in [-0.2, 0) is 10.5 Å². The minimum Gasteiger partial charge on any atom is -0.339 e. The molecule has 0 radical (unpaired) electrons. The molecule has 0 N–H and O–H groups in total. The van der Waals surface area contributed by atoms with Crippen molar-refractivity contribution in [2.45, 2.75) is 19.5 Å². The van der Waals surface area contributed by atoms with Crippen molar-refractivity contribution in [2.75, 3.05) is 13.1 Å². The fourth-order valence-corrected chi connectivity index (χ4v) is 1.63. The van der Waals surface area contributed by atoms with Crippen LogP contribution in [0.2, 0.25) is 0 Å². The molecule has 0 aliphatic carbocycles. The van der Waals surface area contributed by atoms with E-state index in [4.69, 9.17) is 5.26 Å². The summed E-state index contributed by atoms with van der Waals surface area (Å²) >= 11 is 0. The first-order valence-electron chi connectivity index (χ1n) is 5.55. The lowest BCUT2D eigenvalue weighted by Crippen LogP contribution is -2.43. The quantitative estimate of drug-likeness (QED) is 0.802. The number of hydrogen-bond acceptors (Lipinski definition) is 2. The van der Waals surface area contributed by atoms with Crippen molar-refractivity contribution in [1.29, 1.82) is 5.26 Å². The van der Waals surface area contributed by atoms with Gasteiger partial charge in [0.05, 0.1) is 0 Å². The van der Waals surface area contributed by atoms with Gasteiger partial charge in [-0.1, -0.05) is 30.3 Å². The smallest absolute Gasteiger partial charge is 0.298 e. The van der Waals surface area contributed by atoms with Gasteiger partial charge in [-0.2, -0.15) is 5.26 Å². The second-order valence-electron chi connectivity index (χ2n) is 3.61. The Balaban J connectivity index is 3.14. The van der Waals surface area contributed by atoms with Gasteiger partial charge >= 0.3 is 0 Å². The second kappa shape index (κ2) is 5.44. The molecule has 1 rings (SSSR count). The van der Waals surface area contributed by atoms with E-state index in [1.165, 1.54) is 23.1 Å². The van der Waals surface area contributed by atoms with Crippen LogP contribution in [0, 0.1) is 11.3 Å². The number of alkyl halides is 1. The number of nitrogens with zero attached hydrogens (tertiary/aromatic N) is 2. The van der Waals surface area contributed by atoms with Crippen LogP contribution < -0.4 is 0 Å². The van der Waals surface area contributed by atoms with E-state index < -0.39 is 11.6 Å². The van der Waals surface area contributed by atoms with E-state index in [9.17, 15) is 9.18 Å². The van der Waals surface area contributed by atoms with Crippen molar-refractivity contribution in [1.82, 2.24) is 4.90 Å². The fraction of sp³-hybridized carbons (Fsp3) is 0.385. The normalized spacial score (nSPS) is 13.5. The first-order chi connectivity index (χ1) is 8.10. The molecule has 0 fully saturated rings. The maximum Gasteiger partial charge on any atom is 0.298 e. The molecule has 3 nitrogen and oxygen atoms in total. The first kappa shape index (κ1) is 13.2. The Morgan fingerprint density at radius 3 is 2.29 bits per heavy atom. The number of hydrogen-bond donors (Lipinski definition) is 0. The first-order valence-corrected chi connectivity index (χ1v) is 5.55. The average Bonchev–Trinajstić information content (AvgIpc) is 2.40. The van der Waals surface area contributed by atoms with Gasteiger partial charge in [-0.25, -0.2) is 4.39 Å². The molecule has 1 aromatic carbocycles. The predicted octanol–water partition coefficient (Wildman–Crippen LogP) is 2.24. The molecule has 90 valence electrons. The van der Waals surface area contributed by atoms with Crippen molar-refractivity contribution < 1.29 is 9.18 Å². The highest BCUT2D eigenvalue weighted by Gasteiger charge is 2.43. The zero-order valence-electron chi connectivity index (χ0n) is 9.98. The molecule has 0 heterocycles. The molecule has 17 heavy (non-hydrogen) atoms. The monoisotopic (exact) mass is 234 g/mol. The summed E-state index contributed by atoms with van der Waals surface area (Å²) in [6, 6.07) is 9.31. The Morgan fingerprint density at radius 2 is 1.88 bits per heavy atom. The van der Waals surface area contributed by atoms with E-state index in [1.807, 2.05) is 0 Å². The topological polar surface area (TPSA) is 44.1 Å². The summed E-state index contributed by atoms with van der Waals surface area (Å²) < 4.78 is 14.5. The van der Waals surface area contributed by atoms with Crippen LogP contribution in [0.5, 0.6) is 0 Å². The molecular weight excluding hydrogens is 219 g/mol. The maximum atomic E-state index is 14.5. The fourth-order valence-electron chi connectivity index (χ4n) is 1.63. The summed E-state index contributed by atoms with van der Waals surface area (Å²) in [7, 11) is 0. The zero-order chi connectivity index (χ0) is 12.9. The van der Waals surface area contributed by atoms with E-state index in [-0.39, 0.29) is 5.56 Å². The zero-order valence-corrected chi connectivity index (χ0v) is 9.98. The lowest BCUT2D eigenvalue weighted by molar-refractivity contribution is -0.140. The molecule has 0 aromatic heterocycles. The number of carbonyl (C=O) groups is 1. The van der Waals surface area contributed by atoms with Crippen molar-refractivity contribution in [3.8, 4) is 6.07 Å². The highest BCUT2D eigenvalue weighted by Crippen LogP contribution is 2.27. The van der Waals surface area contributed by atoms with Crippen molar-refractivity contribution in [3.63, 3.8) is 0 Å². The van der Waals surface area contributed by atoms with Crippen LogP contribution in [0.1, 0.15) is 19.4 Å².